The summed E-state index contributed by atoms with van der Waals surface area (Å²) >= 11 is 12.5. The third kappa shape index (κ3) is 3.66. The van der Waals surface area contributed by atoms with Gasteiger partial charge in [0.05, 0.1) is 36.4 Å². The summed E-state index contributed by atoms with van der Waals surface area (Å²) in [6.45, 7) is 0.394. The lowest BCUT2D eigenvalue weighted by atomic mass is 9.94. The number of nitrogens with zero attached hydrogens (tertiary/aromatic N) is 2. The Kier molecular flexibility index (Phi) is 5.69. The highest BCUT2D eigenvalue weighted by Gasteiger charge is 2.40. The van der Waals surface area contributed by atoms with Crippen LogP contribution < -0.4 is 10.5 Å². The molecule has 2 N–H and O–H groups in total. The first-order chi connectivity index (χ1) is 14.3. The Hall–Kier alpha value is -1.87. The Bertz CT molecular complexity index is 1120. The van der Waals surface area contributed by atoms with Gasteiger partial charge < -0.3 is 15.4 Å². The van der Waals surface area contributed by atoms with Gasteiger partial charge >= 0.3 is 0 Å². The van der Waals surface area contributed by atoms with Crippen LogP contribution >= 0.6 is 23.2 Å². The van der Waals surface area contributed by atoms with Crippen molar-refractivity contribution in [2.24, 2.45) is 5.73 Å². The Balaban J connectivity index is 1.84. The normalized spacial score (nSPS) is 18.5. The maximum Gasteiger partial charge on any atom is 0.257 e. The van der Waals surface area contributed by atoms with Gasteiger partial charge in [-0.05, 0) is 25.0 Å². The first-order valence-corrected chi connectivity index (χ1v) is 12.1. The molecule has 0 spiro atoms. The third-order valence-electron chi connectivity index (χ3n) is 5.69. The second kappa shape index (κ2) is 8.00. The minimum absolute atomic E-state index is 0.0818. The van der Waals surface area contributed by atoms with E-state index in [4.69, 9.17) is 33.7 Å². The Morgan fingerprint density at radius 3 is 2.53 bits per heavy atom. The minimum atomic E-state index is -3.03. The molecule has 0 saturated carbocycles. The third-order valence-corrected chi connectivity index (χ3v) is 7.96. The van der Waals surface area contributed by atoms with E-state index < -0.39 is 9.84 Å². The fourth-order valence-electron chi connectivity index (χ4n) is 4.20. The molecule has 4 rings (SSSR count). The SMILES string of the molecule is COc1nc2c(c(-c3ccc(Cl)cc3Cl)c1CN)C(=O)N(C1CCS(=O)(=O)CC1)C2. The van der Waals surface area contributed by atoms with E-state index in [0.29, 0.717) is 56.7 Å². The van der Waals surface area contributed by atoms with Crippen molar-refractivity contribution in [3.05, 3.63) is 45.1 Å². The topological polar surface area (TPSA) is 103 Å². The summed E-state index contributed by atoms with van der Waals surface area (Å²) in [6.07, 6.45) is 0.833. The van der Waals surface area contributed by atoms with Gasteiger partial charge in [0.15, 0.2) is 0 Å². The lowest BCUT2D eigenvalue weighted by molar-refractivity contribution is 0.0690. The molecule has 0 bridgehead atoms. The van der Waals surface area contributed by atoms with Crippen molar-refractivity contribution in [3.63, 3.8) is 0 Å². The molecule has 3 heterocycles. The quantitative estimate of drug-likeness (QED) is 0.737. The van der Waals surface area contributed by atoms with Gasteiger partial charge in [-0.25, -0.2) is 13.4 Å². The van der Waals surface area contributed by atoms with Crippen molar-refractivity contribution in [3.8, 4) is 17.0 Å². The summed E-state index contributed by atoms with van der Waals surface area (Å²) < 4.78 is 29.1. The molecular formula is C20H21Cl2N3O4S. The standard InChI is InChI=1S/C20H21Cl2N3O4S/c1-29-19-14(9-23)17(13-3-2-11(21)8-15(13)22)18-16(24-19)10-25(20(18)26)12-4-6-30(27,28)7-5-12/h2-3,8,12H,4-7,9-10,23H2,1H3. The fraction of sp³-hybridized carbons (Fsp3) is 0.400. The molecule has 0 unspecified atom stereocenters. The maximum atomic E-state index is 13.5. The second-order valence-corrected chi connectivity index (χ2v) is 10.6. The summed E-state index contributed by atoms with van der Waals surface area (Å²) in [5.41, 5.74) is 8.83. The highest BCUT2D eigenvalue weighted by molar-refractivity contribution is 7.91. The molecule has 2 aliphatic heterocycles. The van der Waals surface area contributed by atoms with Crippen LogP contribution in [0.2, 0.25) is 10.0 Å². The number of benzene rings is 1. The van der Waals surface area contributed by atoms with E-state index in [1.165, 1.54) is 7.11 Å². The zero-order valence-corrected chi connectivity index (χ0v) is 18.6. The Morgan fingerprint density at radius 1 is 1.23 bits per heavy atom. The van der Waals surface area contributed by atoms with Crippen LogP contribution in [0.5, 0.6) is 5.88 Å². The van der Waals surface area contributed by atoms with Gasteiger partial charge in [0.1, 0.15) is 9.84 Å². The predicted molar refractivity (Wildman–Crippen MR) is 116 cm³/mol. The predicted octanol–water partition coefficient (Wildman–Crippen LogP) is 3.06. The number of hydrogen-bond acceptors (Lipinski definition) is 6. The molecule has 7 nitrogen and oxygen atoms in total. The number of sulfone groups is 1. The summed E-state index contributed by atoms with van der Waals surface area (Å²) in [6, 6.07) is 4.91. The van der Waals surface area contributed by atoms with Gasteiger partial charge in [-0.1, -0.05) is 29.3 Å². The van der Waals surface area contributed by atoms with Crippen LogP contribution in [0, 0.1) is 0 Å². The van der Waals surface area contributed by atoms with Gasteiger partial charge in [0.2, 0.25) is 5.88 Å². The molecule has 2 aliphatic rings. The van der Waals surface area contributed by atoms with Crippen molar-refractivity contribution in [1.29, 1.82) is 0 Å². The first kappa shape index (κ1) is 21.4. The smallest absolute Gasteiger partial charge is 0.257 e. The highest BCUT2D eigenvalue weighted by atomic mass is 35.5. The molecule has 2 aromatic rings. The zero-order valence-electron chi connectivity index (χ0n) is 16.3. The highest BCUT2D eigenvalue weighted by Crippen LogP contribution is 2.42. The van der Waals surface area contributed by atoms with E-state index in [1.807, 2.05) is 0 Å². The summed E-state index contributed by atoms with van der Waals surface area (Å²) in [5.74, 6) is 0.315. The van der Waals surface area contributed by atoms with Crippen LogP contribution in [0.1, 0.15) is 34.5 Å². The molecule has 0 radical (unpaired) electrons. The number of amides is 1. The molecule has 160 valence electrons. The summed E-state index contributed by atoms with van der Waals surface area (Å²) in [4.78, 5) is 19.7. The van der Waals surface area contributed by atoms with Crippen LogP contribution in [-0.4, -0.2) is 48.9 Å². The van der Waals surface area contributed by atoms with Crippen molar-refractivity contribution in [2.75, 3.05) is 18.6 Å². The van der Waals surface area contributed by atoms with E-state index in [9.17, 15) is 13.2 Å². The van der Waals surface area contributed by atoms with Gasteiger partial charge in [-0.15, -0.1) is 0 Å². The fourth-order valence-corrected chi connectivity index (χ4v) is 6.17. The largest absolute Gasteiger partial charge is 0.481 e. The number of carbonyl (C=O) groups excluding carboxylic acids is 1. The number of hydrogen-bond donors (Lipinski definition) is 1. The maximum absolute atomic E-state index is 13.5. The number of methoxy groups -OCH3 is 1. The molecule has 30 heavy (non-hydrogen) atoms. The van der Waals surface area contributed by atoms with Crippen molar-refractivity contribution in [1.82, 2.24) is 9.88 Å². The molecule has 10 heteroatoms. The number of rotatable bonds is 4. The summed E-state index contributed by atoms with van der Waals surface area (Å²) in [7, 11) is -1.53. The lowest BCUT2D eigenvalue weighted by Crippen LogP contribution is -2.41. The van der Waals surface area contributed by atoms with E-state index in [2.05, 4.69) is 4.98 Å². The number of nitrogens with two attached hydrogens (primary N) is 1. The Morgan fingerprint density at radius 2 is 1.93 bits per heavy atom. The number of fused-ring (bicyclic) bond motifs is 1. The average Bonchev–Trinajstić information content (AvgIpc) is 3.03. The van der Waals surface area contributed by atoms with E-state index in [0.717, 1.165) is 0 Å². The molecule has 1 amide bonds. The van der Waals surface area contributed by atoms with Crippen LogP contribution in [0.4, 0.5) is 0 Å². The van der Waals surface area contributed by atoms with Crippen LogP contribution in [-0.2, 0) is 22.9 Å². The number of ether oxygens (including phenoxy) is 1. The zero-order chi connectivity index (χ0) is 21.6. The van der Waals surface area contributed by atoms with Crippen LogP contribution in [0.25, 0.3) is 11.1 Å². The summed E-state index contributed by atoms with van der Waals surface area (Å²) in [5, 5.41) is 0.870. The second-order valence-electron chi connectivity index (χ2n) is 7.44. The number of aromatic nitrogens is 1. The molecule has 0 atom stereocenters. The molecule has 0 aliphatic carbocycles. The van der Waals surface area contributed by atoms with Crippen LogP contribution in [0.15, 0.2) is 18.2 Å². The van der Waals surface area contributed by atoms with Crippen LogP contribution in [0.3, 0.4) is 0 Å². The van der Waals surface area contributed by atoms with Gasteiger partial charge in [-0.2, -0.15) is 0 Å². The van der Waals surface area contributed by atoms with Crippen molar-refractivity contribution >= 4 is 38.9 Å². The van der Waals surface area contributed by atoms with E-state index >= 15 is 0 Å². The number of halogens is 2. The Labute approximate surface area is 185 Å². The lowest BCUT2D eigenvalue weighted by Gasteiger charge is -2.30. The molecular weight excluding hydrogens is 449 g/mol. The molecule has 1 aromatic heterocycles. The van der Waals surface area contributed by atoms with Crippen molar-refractivity contribution in [2.45, 2.75) is 32.0 Å². The minimum Gasteiger partial charge on any atom is -0.481 e. The number of carbonyl (C=O) groups is 1. The first-order valence-electron chi connectivity index (χ1n) is 9.52. The van der Waals surface area contributed by atoms with Crippen molar-refractivity contribution < 1.29 is 17.9 Å². The van der Waals surface area contributed by atoms with Gasteiger partial charge in [-0.3, -0.25) is 4.79 Å². The van der Waals surface area contributed by atoms with E-state index in [1.54, 1.807) is 23.1 Å². The molecule has 1 aromatic carbocycles. The monoisotopic (exact) mass is 469 g/mol. The number of pyridine rings is 1. The molecule has 1 fully saturated rings. The van der Waals surface area contributed by atoms with Gasteiger partial charge in [0, 0.05) is 39.3 Å². The molecule has 1 saturated heterocycles. The van der Waals surface area contributed by atoms with E-state index in [-0.39, 0.29) is 36.5 Å². The van der Waals surface area contributed by atoms with Gasteiger partial charge in [0.25, 0.3) is 5.91 Å². The average molecular weight is 470 g/mol.